The molecular formula is C14H19N. The summed E-state index contributed by atoms with van der Waals surface area (Å²) in [5, 5.41) is 3.54. The van der Waals surface area contributed by atoms with E-state index in [1.165, 1.54) is 30.5 Å². The summed E-state index contributed by atoms with van der Waals surface area (Å²) in [6.07, 6.45) is 19.4. The molecule has 0 aromatic heterocycles. The molecule has 15 heavy (non-hydrogen) atoms. The molecule has 0 atom stereocenters. The lowest BCUT2D eigenvalue weighted by atomic mass is 10.1. The molecule has 0 bridgehead atoms. The fraction of sp³-hybridized carbons (Fsp3) is 0.429. The molecule has 1 heterocycles. The van der Waals surface area contributed by atoms with Crippen LogP contribution in [0.4, 0.5) is 0 Å². The van der Waals surface area contributed by atoms with Crippen LogP contribution in [0, 0.1) is 0 Å². The van der Waals surface area contributed by atoms with Crippen molar-refractivity contribution < 1.29 is 0 Å². The maximum absolute atomic E-state index is 3.54. The van der Waals surface area contributed by atoms with E-state index in [1.54, 1.807) is 0 Å². The second-order valence-electron chi connectivity index (χ2n) is 4.07. The van der Waals surface area contributed by atoms with Crippen LogP contribution in [0.3, 0.4) is 0 Å². The van der Waals surface area contributed by atoms with E-state index in [4.69, 9.17) is 0 Å². The highest BCUT2D eigenvalue weighted by Crippen LogP contribution is 2.18. The molecule has 0 unspecified atom stereocenters. The minimum atomic E-state index is 1.06. The molecule has 2 rings (SSSR count). The topological polar surface area (TPSA) is 12.0 Å². The lowest BCUT2D eigenvalue weighted by molar-refractivity contribution is 0.681. The molecule has 1 aliphatic carbocycles. The van der Waals surface area contributed by atoms with E-state index in [2.05, 4.69) is 41.8 Å². The average molecular weight is 201 g/mol. The SMILES string of the molecule is C1=CCC=C2C/C=C\CCCCNC2=C1. The number of nitrogens with one attached hydrogen (secondary N) is 1. The van der Waals surface area contributed by atoms with Crippen LogP contribution in [0.5, 0.6) is 0 Å². The lowest BCUT2D eigenvalue weighted by Gasteiger charge is -2.14. The molecule has 0 aromatic carbocycles. The predicted molar refractivity (Wildman–Crippen MR) is 65.5 cm³/mol. The van der Waals surface area contributed by atoms with Crippen LogP contribution in [-0.4, -0.2) is 6.54 Å². The number of fused-ring (bicyclic) bond motifs is 1. The van der Waals surface area contributed by atoms with Crippen LogP contribution >= 0.6 is 0 Å². The van der Waals surface area contributed by atoms with Gasteiger partial charge in [0.25, 0.3) is 0 Å². The molecule has 0 spiro atoms. The van der Waals surface area contributed by atoms with Gasteiger partial charge in [-0.05, 0) is 43.8 Å². The summed E-state index contributed by atoms with van der Waals surface area (Å²) in [7, 11) is 0. The van der Waals surface area contributed by atoms with E-state index in [-0.39, 0.29) is 0 Å². The minimum Gasteiger partial charge on any atom is -0.385 e. The Bertz CT molecular complexity index is 318. The fourth-order valence-electron chi connectivity index (χ4n) is 1.97. The maximum Gasteiger partial charge on any atom is 0.0372 e. The summed E-state index contributed by atoms with van der Waals surface area (Å²) in [5.74, 6) is 0. The van der Waals surface area contributed by atoms with E-state index in [1.807, 2.05) is 0 Å². The molecular weight excluding hydrogens is 182 g/mol. The monoisotopic (exact) mass is 201 g/mol. The van der Waals surface area contributed by atoms with Crippen LogP contribution < -0.4 is 5.32 Å². The maximum atomic E-state index is 3.54. The third-order valence-corrected chi connectivity index (χ3v) is 2.86. The molecule has 0 fully saturated rings. The van der Waals surface area contributed by atoms with Crippen LogP contribution in [0.2, 0.25) is 0 Å². The van der Waals surface area contributed by atoms with Crippen LogP contribution in [0.1, 0.15) is 32.1 Å². The molecule has 1 heteroatoms. The van der Waals surface area contributed by atoms with Gasteiger partial charge in [-0.25, -0.2) is 0 Å². The van der Waals surface area contributed by atoms with Crippen molar-refractivity contribution in [3.05, 3.63) is 47.7 Å². The normalized spacial score (nSPS) is 24.0. The van der Waals surface area contributed by atoms with E-state index in [9.17, 15) is 0 Å². The predicted octanol–water partition coefficient (Wildman–Crippen LogP) is 3.48. The van der Waals surface area contributed by atoms with Gasteiger partial charge < -0.3 is 5.32 Å². The molecule has 1 aliphatic heterocycles. The second kappa shape index (κ2) is 5.59. The second-order valence-corrected chi connectivity index (χ2v) is 4.07. The Morgan fingerprint density at radius 3 is 3.07 bits per heavy atom. The van der Waals surface area contributed by atoms with Gasteiger partial charge in [-0.3, -0.25) is 0 Å². The Labute approximate surface area is 92.3 Å². The molecule has 80 valence electrons. The van der Waals surface area contributed by atoms with Gasteiger partial charge in [-0.2, -0.15) is 0 Å². The van der Waals surface area contributed by atoms with Gasteiger partial charge in [0.15, 0.2) is 0 Å². The van der Waals surface area contributed by atoms with Gasteiger partial charge >= 0.3 is 0 Å². The summed E-state index contributed by atoms with van der Waals surface area (Å²) in [4.78, 5) is 0. The standard InChI is InChI=1S/C14H19N/c1-2-5-9-13-10-6-4-7-11-14(13)15-12-8-3-1/h2,4-5,7,10-11,15H,1,3,6,8-9,12H2/b5-2-. The van der Waals surface area contributed by atoms with Crippen LogP contribution in [0.25, 0.3) is 0 Å². The summed E-state index contributed by atoms with van der Waals surface area (Å²) in [6, 6.07) is 0. The van der Waals surface area contributed by atoms with Gasteiger partial charge in [-0.15, -0.1) is 0 Å². The Morgan fingerprint density at radius 1 is 1.07 bits per heavy atom. The first-order valence-electron chi connectivity index (χ1n) is 5.92. The first kappa shape index (κ1) is 10.3. The van der Waals surface area contributed by atoms with Crippen molar-refractivity contribution in [3.63, 3.8) is 0 Å². The average Bonchev–Trinajstić information content (AvgIpc) is 2.49. The van der Waals surface area contributed by atoms with E-state index >= 15 is 0 Å². The van der Waals surface area contributed by atoms with Gasteiger partial charge in [0.05, 0.1) is 0 Å². The van der Waals surface area contributed by atoms with E-state index < -0.39 is 0 Å². The molecule has 0 saturated heterocycles. The highest BCUT2D eigenvalue weighted by molar-refractivity contribution is 5.36. The third-order valence-electron chi connectivity index (χ3n) is 2.86. The van der Waals surface area contributed by atoms with Gasteiger partial charge in [0, 0.05) is 12.2 Å². The first-order chi connectivity index (χ1) is 7.47. The van der Waals surface area contributed by atoms with Crippen molar-refractivity contribution in [3.8, 4) is 0 Å². The highest BCUT2D eigenvalue weighted by atomic mass is 14.9. The van der Waals surface area contributed by atoms with Crippen LogP contribution in [-0.2, 0) is 0 Å². The van der Waals surface area contributed by atoms with Crippen molar-refractivity contribution in [2.24, 2.45) is 0 Å². The molecule has 0 amide bonds. The highest BCUT2D eigenvalue weighted by Gasteiger charge is 2.04. The number of allylic oxidation sites excluding steroid dienone is 7. The Kier molecular flexibility index (Phi) is 3.84. The first-order valence-corrected chi connectivity index (χ1v) is 5.92. The fourth-order valence-corrected chi connectivity index (χ4v) is 1.97. The Morgan fingerprint density at radius 2 is 2.07 bits per heavy atom. The minimum absolute atomic E-state index is 1.06. The zero-order valence-electron chi connectivity index (χ0n) is 9.21. The number of hydrogen-bond donors (Lipinski definition) is 1. The summed E-state index contributed by atoms with van der Waals surface area (Å²) >= 11 is 0. The van der Waals surface area contributed by atoms with Crippen molar-refractivity contribution in [2.45, 2.75) is 32.1 Å². The van der Waals surface area contributed by atoms with Crippen LogP contribution in [0.15, 0.2) is 47.7 Å². The van der Waals surface area contributed by atoms with Gasteiger partial charge in [0.1, 0.15) is 0 Å². The van der Waals surface area contributed by atoms with E-state index in [0.29, 0.717) is 0 Å². The molecule has 0 radical (unpaired) electrons. The van der Waals surface area contributed by atoms with Crippen molar-refractivity contribution in [1.29, 1.82) is 0 Å². The van der Waals surface area contributed by atoms with Crippen molar-refractivity contribution in [2.75, 3.05) is 6.54 Å². The molecule has 2 aliphatic rings. The van der Waals surface area contributed by atoms with Crippen molar-refractivity contribution in [1.82, 2.24) is 5.32 Å². The largest absolute Gasteiger partial charge is 0.385 e. The Hall–Kier alpha value is -1.24. The summed E-state index contributed by atoms with van der Waals surface area (Å²) < 4.78 is 0. The van der Waals surface area contributed by atoms with E-state index in [0.717, 1.165) is 19.4 Å². The number of hydrogen-bond acceptors (Lipinski definition) is 1. The van der Waals surface area contributed by atoms with Crippen molar-refractivity contribution >= 4 is 0 Å². The lowest BCUT2D eigenvalue weighted by Crippen LogP contribution is -2.16. The zero-order chi connectivity index (χ0) is 10.3. The quantitative estimate of drug-likeness (QED) is 0.592. The summed E-state index contributed by atoms with van der Waals surface area (Å²) in [6.45, 7) is 1.10. The number of rotatable bonds is 0. The molecule has 0 saturated carbocycles. The molecule has 1 nitrogen and oxygen atoms in total. The zero-order valence-corrected chi connectivity index (χ0v) is 9.21. The third kappa shape index (κ3) is 3.12. The molecule has 0 aromatic rings. The smallest absolute Gasteiger partial charge is 0.0372 e. The van der Waals surface area contributed by atoms with Gasteiger partial charge in [-0.1, -0.05) is 30.4 Å². The molecule has 1 N–H and O–H groups in total. The Balaban J connectivity index is 2.14. The van der Waals surface area contributed by atoms with Gasteiger partial charge in [0.2, 0.25) is 0 Å². The summed E-state index contributed by atoms with van der Waals surface area (Å²) in [5.41, 5.74) is 2.76.